The van der Waals surface area contributed by atoms with Gasteiger partial charge in [0.2, 0.25) is 0 Å². The number of nitrogens with two attached hydrogens (primary N) is 1. The predicted molar refractivity (Wildman–Crippen MR) is 97.4 cm³/mol. The number of hydrogen-bond donors (Lipinski definition) is 1. The molecule has 1 aromatic carbocycles. The summed E-state index contributed by atoms with van der Waals surface area (Å²) in [5, 5.41) is 0. The van der Waals surface area contributed by atoms with Gasteiger partial charge in [0.1, 0.15) is 17.3 Å². The van der Waals surface area contributed by atoms with Crippen molar-refractivity contribution in [3.05, 3.63) is 71.3 Å². The highest BCUT2D eigenvalue weighted by Crippen LogP contribution is 2.25. The molecule has 0 saturated heterocycles. The molecule has 0 aliphatic heterocycles. The van der Waals surface area contributed by atoms with Crippen molar-refractivity contribution in [2.45, 2.75) is 26.7 Å². The van der Waals surface area contributed by atoms with Gasteiger partial charge in [-0.05, 0) is 36.1 Å². The van der Waals surface area contributed by atoms with Gasteiger partial charge in [-0.1, -0.05) is 38.1 Å². The van der Waals surface area contributed by atoms with Gasteiger partial charge in [0, 0.05) is 18.2 Å². The van der Waals surface area contributed by atoms with Crippen LogP contribution < -0.4 is 5.73 Å². The van der Waals surface area contributed by atoms with Crippen LogP contribution in [-0.4, -0.2) is 15.0 Å². The number of pyridine rings is 1. The number of aromatic nitrogens is 3. The van der Waals surface area contributed by atoms with E-state index in [1.807, 2.05) is 24.3 Å². The Morgan fingerprint density at radius 2 is 1.80 bits per heavy atom. The summed E-state index contributed by atoms with van der Waals surface area (Å²) in [6.07, 6.45) is 2.82. The summed E-state index contributed by atoms with van der Waals surface area (Å²) in [5.74, 6) is 1.04. The Morgan fingerprint density at radius 1 is 1.04 bits per heavy atom. The minimum atomic E-state index is -0.244. The van der Waals surface area contributed by atoms with Crippen LogP contribution >= 0.6 is 0 Å². The molecule has 2 aromatic heterocycles. The van der Waals surface area contributed by atoms with Gasteiger partial charge in [0.15, 0.2) is 5.82 Å². The zero-order valence-corrected chi connectivity index (χ0v) is 14.4. The lowest BCUT2D eigenvalue weighted by Gasteiger charge is -2.15. The first-order chi connectivity index (χ1) is 12.0. The SMILES string of the molecule is CC(C)Cc1nc(-c2ccccn2)nc(N)c1Cc1ccccc1F. The van der Waals surface area contributed by atoms with Crippen LogP contribution in [0.25, 0.3) is 11.5 Å². The van der Waals surface area contributed by atoms with E-state index in [1.165, 1.54) is 6.07 Å². The number of nitrogen functional groups attached to an aromatic ring is 1. The number of benzene rings is 1. The third-order valence-corrected chi connectivity index (χ3v) is 3.95. The summed E-state index contributed by atoms with van der Waals surface area (Å²) < 4.78 is 14.1. The maximum atomic E-state index is 14.1. The van der Waals surface area contributed by atoms with E-state index < -0.39 is 0 Å². The van der Waals surface area contributed by atoms with E-state index in [-0.39, 0.29) is 5.82 Å². The fourth-order valence-electron chi connectivity index (χ4n) is 2.74. The molecule has 3 aromatic rings. The summed E-state index contributed by atoms with van der Waals surface area (Å²) in [6.45, 7) is 4.23. The molecule has 25 heavy (non-hydrogen) atoms. The van der Waals surface area contributed by atoms with Crippen molar-refractivity contribution in [1.29, 1.82) is 0 Å². The summed E-state index contributed by atoms with van der Waals surface area (Å²) in [5.41, 5.74) is 9.14. The Balaban J connectivity index is 2.06. The van der Waals surface area contributed by atoms with Crippen molar-refractivity contribution in [2.24, 2.45) is 5.92 Å². The lowest BCUT2D eigenvalue weighted by Crippen LogP contribution is -2.11. The molecule has 2 N–H and O–H groups in total. The molecule has 3 rings (SSSR count). The molecular formula is C20H21FN4. The molecule has 0 atom stereocenters. The number of hydrogen-bond acceptors (Lipinski definition) is 4. The van der Waals surface area contributed by atoms with Crippen molar-refractivity contribution in [3.63, 3.8) is 0 Å². The average Bonchev–Trinajstić information content (AvgIpc) is 2.59. The topological polar surface area (TPSA) is 64.7 Å². The monoisotopic (exact) mass is 336 g/mol. The summed E-state index contributed by atoms with van der Waals surface area (Å²) in [7, 11) is 0. The summed E-state index contributed by atoms with van der Waals surface area (Å²) >= 11 is 0. The molecule has 0 aliphatic rings. The van der Waals surface area contributed by atoms with E-state index in [4.69, 9.17) is 10.7 Å². The number of rotatable bonds is 5. The van der Waals surface area contributed by atoms with E-state index in [0.29, 0.717) is 35.2 Å². The Kier molecular flexibility index (Phi) is 5.03. The molecule has 0 fully saturated rings. The second-order valence-corrected chi connectivity index (χ2v) is 6.44. The average molecular weight is 336 g/mol. The second-order valence-electron chi connectivity index (χ2n) is 6.44. The van der Waals surface area contributed by atoms with Gasteiger partial charge in [-0.3, -0.25) is 4.98 Å². The molecule has 0 spiro atoms. The zero-order valence-electron chi connectivity index (χ0n) is 14.4. The fraction of sp³-hybridized carbons (Fsp3) is 0.250. The van der Waals surface area contributed by atoms with E-state index in [2.05, 4.69) is 23.8 Å². The van der Waals surface area contributed by atoms with Crippen LogP contribution in [-0.2, 0) is 12.8 Å². The predicted octanol–water partition coefficient (Wildman–Crippen LogP) is 4.05. The smallest absolute Gasteiger partial charge is 0.180 e. The summed E-state index contributed by atoms with van der Waals surface area (Å²) in [4.78, 5) is 13.4. The molecule has 0 radical (unpaired) electrons. The van der Waals surface area contributed by atoms with Gasteiger partial charge < -0.3 is 5.73 Å². The molecule has 0 aliphatic carbocycles. The third kappa shape index (κ3) is 3.99. The van der Waals surface area contributed by atoms with Crippen molar-refractivity contribution in [3.8, 4) is 11.5 Å². The van der Waals surface area contributed by atoms with Crippen LogP contribution in [0.3, 0.4) is 0 Å². The van der Waals surface area contributed by atoms with Crippen LogP contribution in [0.1, 0.15) is 30.7 Å². The maximum Gasteiger partial charge on any atom is 0.180 e. The molecule has 0 bridgehead atoms. The highest BCUT2D eigenvalue weighted by atomic mass is 19.1. The Morgan fingerprint density at radius 3 is 2.48 bits per heavy atom. The normalized spacial score (nSPS) is 11.0. The van der Waals surface area contributed by atoms with Crippen LogP contribution in [0.15, 0.2) is 48.7 Å². The van der Waals surface area contributed by atoms with Gasteiger partial charge in [-0.15, -0.1) is 0 Å². The second kappa shape index (κ2) is 7.38. The van der Waals surface area contributed by atoms with Crippen molar-refractivity contribution in [2.75, 3.05) is 5.73 Å². The Bertz CT molecular complexity index is 863. The minimum absolute atomic E-state index is 0.244. The van der Waals surface area contributed by atoms with Crippen LogP contribution in [0.2, 0.25) is 0 Å². The number of anilines is 1. The fourth-order valence-corrected chi connectivity index (χ4v) is 2.74. The largest absolute Gasteiger partial charge is 0.383 e. The van der Waals surface area contributed by atoms with Gasteiger partial charge in [0.25, 0.3) is 0 Å². The molecule has 128 valence electrons. The van der Waals surface area contributed by atoms with E-state index in [0.717, 1.165) is 17.7 Å². The lowest BCUT2D eigenvalue weighted by atomic mass is 9.98. The van der Waals surface area contributed by atoms with Gasteiger partial charge in [0.05, 0.1) is 5.69 Å². The number of halogens is 1. The molecule has 0 amide bonds. The maximum absolute atomic E-state index is 14.1. The molecular weight excluding hydrogens is 315 g/mol. The van der Waals surface area contributed by atoms with Crippen LogP contribution in [0, 0.1) is 11.7 Å². The molecule has 0 saturated carbocycles. The Labute approximate surface area is 147 Å². The molecule has 4 nitrogen and oxygen atoms in total. The van der Waals surface area contributed by atoms with Gasteiger partial charge >= 0.3 is 0 Å². The standard InChI is InChI=1S/C20H21FN4/c1-13(2)11-18-15(12-14-7-3-4-8-16(14)21)19(22)25-20(24-18)17-9-5-6-10-23-17/h3-10,13H,11-12H2,1-2H3,(H2,22,24,25). The van der Waals surface area contributed by atoms with Crippen molar-refractivity contribution in [1.82, 2.24) is 15.0 Å². The minimum Gasteiger partial charge on any atom is -0.383 e. The third-order valence-electron chi connectivity index (χ3n) is 3.95. The zero-order chi connectivity index (χ0) is 17.8. The van der Waals surface area contributed by atoms with Gasteiger partial charge in [-0.2, -0.15) is 0 Å². The highest BCUT2D eigenvalue weighted by molar-refractivity contribution is 5.56. The first-order valence-electron chi connectivity index (χ1n) is 8.34. The summed E-state index contributed by atoms with van der Waals surface area (Å²) in [6, 6.07) is 12.3. The van der Waals surface area contributed by atoms with E-state index in [9.17, 15) is 4.39 Å². The van der Waals surface area contributed by atoms with Crippen molar-refractivity contribution < 1.29 is 4.39 Å². The first kappa shape index (κ1) is 17.0. The molecule has 5 heteroatoms. The Hall–Kier alpha value is -2.82. The number of nitrogens with zero attached hydrogens (tertiary/aromatic N) is 3. The molecule has 2 heterocycles. The lowest BCUT2D eigenvalue weighted by molar-refractivity contribution is 0.610. The van der Waals surface area contributed by atoms with E-state index >= 15 is 0 Å². The van der Waals surface area contributed by atoms with Crippen LogP contribution in [0.4, 0.5) is 10.2 Å². The first-order valence-corrected chi connectivity index (χ1v) is 8.34. The van der Waals surface area contributed by atoms with Crippen LogP contribution in [0.5, 0.6) is 0 Å². The van der Waals surface area contributed by atoms with Crippen molar-refractivity contribution >= 4 is 5.82 Å². The van der Waals surface area contributed by atoms with Gasteiger partial charge in [-0.25, -0.2) is 14.4 Å². The molecule has 0 unspecified atom stereocenters. The van der Waals surface area contributed by atoms with E-state index in [1.54, 1.807) is 18.3 Å². The highest BCUT2D eigenvalue weighted by Gasteiger charge is 2.17. The quantitative estimate of drug-likeness (QED) is 0.763.